The molecule has 0 aromatic heterocycles. The number of hydrogen-bond acceptors (Lipinski definition) is 5. The average molecular weight is 462 g/mol. The molecule has 32 heavy (non-hydrogen) atoms. The van der Waals surface area contributed by atoms with Gasteiger partial charge in [-0.05, 0) is 76.5 Å². The Kier molecular flexibility index (Phi) is 7.38. The van der Waals surface area contributed by atoms with Crippen LogP contribution in [0.3, 0.4) is 0 Å². The molecule has 1 aliphatic heterocycles. The van der Waals surface area contributed by atoms with E-state index in [2.05, 4.69) is 11.8 Å². The molecule has 0 radical (unpaired) electrons. The highest BCUT2D eigenvalue weighted by atomic mass is 32.2. The lowest BCUT2D eigenvalue weighted by Gasteiger charge is -2.45. The van der Waals surface area contributed by atoms with Gasteiger partial charge in [-0.3, -0.25) is 4.79 Å². The van der Waals surface area contributed by atoms with Gasteiger partial charge in [0.15, 0.2) is 0 Å². The van der Waals surface area contributed by atoms with Crippen molar-refractivity contribution in [2.75, 3.05) is 26.0 Å². The van der Waals surface area contributed by atoms with Crippen molar-refractivity contribution < 1.29 is 23.1 Å². The third-order valence-corrected chi connectivity index (χ3v) is 9.01. The second-order valence-electron chi connectivity index (χ2n) is 9.35. The third-order valence-electron chi connectivity index (χ3n) is 7.13. The molecule has 3 atom stereocenters. The fourth-order valence-corrected chi connectivity index (χ4v) is 6.71. The van der Waals surface area contributed by atoms with E-state index in [0.29, 0.717) is 31.7 Å². The van der Waals surface area contributed by atoms with Crippen LogP contribution in [0.5, 0.6) is 5.75 Å². The number of methoxy groups -OCH3 is 1. The zero-order valence-corrected chi connectivity index (χ0v) is 20.6. The maximum absolute atomic E-state index is 13.4. The van der Waals surface area contributed by atoms with E-state index in [9.17, 15) is 18.3 Å². The van der Waals surface area contributed by atoms with Crippen molar-refractivity contribution in [3.63, 3.8) is 0 Å². The van der Waals surface area contributed by atoms with E-state index < -0.39 is 21.5 Å². The predicted octanol–water partition coefficient (Wildman–Crippen LogP) is 3.25. The van der Waals surface area contributed by atoms with Gasteiger partial charge in [0, 0.05) is 30.6 Å². The first kappa shape index (κ1) is 24.8. The maximum Gasteiger partial charge on any atom is 0.213 e. The SMILES string of the molecule is CC#Cc1cc(C)c(C2C(=O)CC(C3CCN(S(=O)(=O)CC)CC3)CC2(C)O)c(OC)c1. The molecular formula is C25H35NO5S. The summed E-state index contributed by atoms with van der Waals surface area (Å²) in [6.45, 7) is 8.09. The Morgan fingerprint density at radius 3 is 2.44 bits per heavy atom. The first-order valence-corrected chi connectivity index (χ1v) is 13.0. The predicted molar refractivity (Wildman–Crippen MR) is 125 cm³/mol. The van der Waals surface area contributed by atoms with Crippen LogP contribution in [0.2, 0.25) is 0 Å². The number of benzene rings is 1. The summed E-state index contributed by atoms with van der Waals surface area (Å²) in [5.74, 6) is 6.26. The summed E-state index contributed by atoms with van der Waals surface area (Å²) in [6.07, 6.45) is 2.36. The Morgan fingerprint density at radius 1 is 1.25 bits per heavy atom. The molecule has 3 rings (SSSR count). The van der Waals surface area contributed by atoms with Gasteiger partial charge in [0.05, 0.1) is 24.4 Å². The summed E-state index contributed by atoms with van der Waals surface area (Å²) in [5, 5.41) is 11.5. The van der Waals surface area contributed by atoms with Gasteiger partial charge in [0.25, 0.3) is 0 Å². The van der Waals surface area contributed by atoms with Crippen LogP contribution in [0.4, 0.5) is 0 Å². The van der Waals surface area contributed by atoms with Gasteiger partial charge in [0.1, 0.15) is 11.5 Å². The smallest absolute Gasteiger partial charge is 0.213 e. The van der Waals surface area contributed by atoms with Crippen LogP contribution in [0.1, 0.15) is 69.1 Å². The summed E-state index contributed by atoms with van der Waals surface area (Å²) in [5.41, 5.74) is 1.24. The minimum Gasteiger partial charge on any atom is -0.496 e. The summed E-state index contributed by atoms with van der Waals surface area (Å²) in [4.78, 5) is 13.4. The van der Waals surface area contributed by atoms with Crippen molar-refractivity contribution in [2.45, 2.75) is 64.9 Å². The van der Waals surface area contributed by atoms with Crippen LogP contribution < -0.4 is 4.74 Å². The largest absolute Gasteiger partial charge is 0.496 e. The van der Waals surface area contributed by atoms with Crippen LogP contribution in [0.25, 0.3) is 0 Å². The van der Waals surface area contributed by atoms with Gasteiger partial charge in [-0.1, -0.05) is 5.92 Å². The van der Waals surface area contributed by atoms with E-state index in [-0.39, 0.29) is 23.4 Å². The number of nitrogens with zero attached hydrogens (tertiary/aromatic N) is 1. The number of rotatable bonds is 5. The Bertz CT molecular complexity index is 1030. The minimum atomic E-state index is -3.18. The number of Topliss-reactive ketones (excluding diaryl/α,β-unsaturated/α-hetero) is 1. The molecule has 1 heterocycles. The molecule has 1 aromatic rings. The van der Waals surface area contributed by atoms with Crippen molar-refractivity contribution in [1.82, 2.24) is 4.31 Å². The molecule has 0 bridgehead atoms. The van der Waals surface area contributed by atoms with E-state index in [1.165, 1.54) is 0 Å². The number of piperidine rings is 1. The molecule has 6 nitrogen and oxygen atoms in total. The Hall–Kier alpha value is -1.88. The zero-order valence-electron chi connectivity index (χ0n) is 19.8. The van der Waals surface area contributed by atoms with Gasteiger partial charge < -0.3 is 9.84 Å². The van der Waals surface area contributed by atoms with Crippen LogP contribution in [0, 0.1) is 30.6 Å². The van der Waals surface area contributed by atoms with E-state index in [4.69, 9.17) is 4.74 Å². The molecule has 0 spiro atoms. The molecule has 1 aliphatic carbocycles. The molecule has 0 amide bonds. The molecule has 1 saturated heterocycles. The fourth-order valence-electron chi connectivity index (χ4n) is 5.58. The molecular weight excluding hydrogens is 426 g/mol. The average Bonchev–Trinajstić information content (AvgIpc) is 2.74. The molecule has 2 aliphatic rings. The summed E-state index contributed by atoms with van der Waals surface area (Å²) in [6, 6.07) is 3.77. The maximum atomic E-state index is 13.4. The lowest BCUT2D eigenvalue weighted by molar-refractivity contribution is -0.135. The second kappa shape index (κ2) is 9.54. The Labute approximate surface area is 192 Å². The number of aryl methyl sites for hydroxylation is 1. The molecule has 176 valence electrons. The van der Waals surface area contributed by atoms with Crippen LogP contribution in [0.15, 0.2) is 12.1 Å². The van der Waals surface area contributed by atoms with Gasteiger partial charge in [0.2, 0.25) is 10.0 Å². The number of ether oxygens (including phenoxy) is 1. The van der Waals surface area contributed by atoms with Crippen molar-refractivity contribution in [2.24, 2.45) is 11.8 Å². The van der Waals surface area contributed by atoms with Gasteiger partial charge in [-0.2, -0.15) is 0 Å². The van der Waals surface area contributed by atoms with Crippen molar-refractivity contribution >= 4 is 15.8 Å². The zero-order chi connectivity index (χ0) is 23.7. The number of hydrogen-bond donors (Lipinski definition) is 1. The normalized spacial score (nSPS) is 27.6. The topological polar surface area (TPSA) is 83.9 Å². The summed E-state index contributed by atoms with van der Waals surface area (Å²) in [7, 11) is -1.61. The number of sulfonamides is 1. The molecule has 7 heteroatoms. The quantitative estimate of drug-likeness (QED) is 0.681. The molecule has 3 unspecified atom stereocenters. The molecule has 1 N–H and O–H groups in total. The van der Waals surface area contributed by atoms with Crippen LogP contribution in [-0.2, 0) is 14.8 Å². The lowest BCUT2D eigenvalue weighted by atomic mass is 9.63. The fraction of sp³-hybridized carbons (Fsp3) is 0.640. The second-order valence-corrected chi connectivity index (χ2v) is 11.6. The highest BCUT2D eigenvalue weighted by Gasteiger charge is 2.48. The number of ketones is 1. The third kappa shape index (κ3) is 4.88. The number of carbonyl (C=O) groups excluding carboxylic acids is 1. The summed E-state index contributed by atoms with van der Waals surface area (Å²) < 4.78 is 31.5. The highest BCUT2D eigenvalue weighted by molar-refractivity contribution is 7.89. The monoisotopic (exact) mass is 461 g/mol. The lowest BCUT2D eigenvalue weighted by Crippen LogP contribution is -2.48. The Morgan fingerprint density at radius 2 is 1.91 bits per heavy atom. The highest BCUT2D eigenvalue weighted by Crippen LogP contribution is 2.48. The molecule has 2 fully saturated rings. The summed E-state index contributed by atoms with van der Waals surface area (Å²) >= 11 is 0. The standard InChI is InChI=1S/C25H35NO5S/c1-6-8-18-13-17(3)23(22(14-18)31-5)24-21(27)15-20(16-25(24,4)28)19-9-11-26(12-10-19)32(29,30)7-2/h13-14,19-20,24,28H,7,9-12,15-16H2,1-5H3. The Balaban J connectivity index is 1.82. The van der Waals surface area contributed by atoms with Crippen molar-refractivity contribution in [1.29, 1.82) is 0 Å². The first-order valence-electron chi connectivity index (χ1n) is 11.4. The van der Waals surface area contributed by atoms with E-state index in [0.717, 1.165) is 29.5 Å². The molecule has 1 saturated carbocycles. The van der Waals surface area contributed by atoms with Crippen molar-refractivity contribution in [3.8, 4) is 17.6 Å². The van der Waals surface area contributed by atoms with Gasteiger partial charge in [-0.25, -0.2) is 12.7 Å². The van der Waals surface area contributed by atoms with Gasteiger partial charge in [-0.15, -0.1) is 5.92 Å². The van der Waals surface area contributed by atoms with Crippen LogP contribution in [-0.4, -0.2) is 55.2 Å². The number of aliphatic hydroxyl groups is 1. The number of carbonyl (C=O) groups is 1. The van der Waals surface area contributed by atoms with Gasteiger partial charge >= 0.3 is 0 Å². The van der Waals surface area contributed by atoms with E-state index in [1.807, 2.05) is 19.1 Å². The minimum absolute atomic E-state index is 0.0191. The first-order chi connectivity index (χ1) is 15.0. The van der Waals surface area contributed by atoms with E-state index in [1.54, 1.807) is 32.2 Å². The molecule has 1 aromatic carbocycles. The van der Waals surface area contributed by atoms with Crippen LogP contribution >= 0.6 is 0 Å². The van der Waals surface area contributed by atoms with E-state index >= 15 is 0 Å². The van der Waals surface area contributed by atoms with Crippen molar-refractivity contribution in [3.05, 3.63) is 28.8 Å².